The number of amides is 1. The Kier molecular flexibility index (Phi) is 8.04. The number of benzene rings is 2. The Morgan fingerprint density at radius 1 is 1.09 bits per heavy atom. The second kappa shape index (κ2) is 10.8. The molecule has 0 bridgehead atoms. The van der Waals surface area contributed by atoms with Crippen LogP contribution in [0.4, 0.5) is 4.79 Å². The van der Waals surface area contributed by atoms with Crippen LogP contribution in [0.2, 0.25) is 0 Å². The minimum Gasteiger partial charge on any atom is -0.508 e. The van der Waals surface area contributed by atoms with Crippen LogP contribution in [-0.4, -0.2) is 50.1 Å². The van der Waals surface area contributed by atoms with Gasteiger partial charge in [0.25, 0.3) is 0 Å². The number of aromatic hydroxyl groups is 1. The molecule has 2 aromatic carbocycles. The molecule has 0 radical (unpaired) electrons. The quantitative estimate of drug-likeness (QED) is 0.340. The molecule has 0 aliphatic carbocycles. The van der Waals surface area contributed by atoms with E-state index >= 15 is 0 Å². The highest BCUT2D eigenvalue weighted by atomic mass is 16.6. The van der Waals surface area contributed by atoms with E-state index in [1.165, 1.54) is 4.57 Å². The minimum absolute atomic E-state index is 0.000128. The van der Waals surface area contributed by atoms with E-state index in [4.69, 9.17) is 4.74 Å². The molecule has 8 nitrogen and oxygen atoms in total. The highest BCUT2D eigenvalue weighted by Gasteiger charge is 2.22. The van der Waals surface area contributed by atoms with Crippen molar-refractivity contribution in [2.45, 2.75) is 59.0 Å². The first kappa shape index (κ1) is 26.1. The van der Waals surface area contributed by atoms with Crippen molar-refractivity contribution < 1.29 is 19.4 Å². The zero-order chi connectivity index (χ0) is 25.8. The summed E-state index contributed by atoms with van der Waals surface area (Å²) < 4.78 is 7.10. The molecule has 1 heterocycles. The van der Waals surface area contributed by atoms with Gasteiger partial charge in [0.2, 0.25) is 0 Å². The first-order chi connectivity index (χ1) is 16.4. The molecule has 8 heteroatoms. The van der Waals surface area contributed by atoms with Gasteiger partial charge in [0, 0.05) is 32.1 Å². The molecule has 3 aromatic rings. The van der Waals surface area contributed by atoms with Crippen molar-refractivity contribution in [3.8, 4) is 5.75 Å². The van der Waals surface area contributed by atoms with Gasteiger partial charge in [-0.05, 0) is 88.4 Å². The number of aromatic nitrogens is 2. The van der Waals surface area contributed by atoms with Crippen LogP contribution in [0.3, 0.4) is 0 Å². The van der Waals surface area contributed by atoms with Gasteiger partial charge in [-0.2, -0.15) is 0 Å². The Bertz CT molecular complexity index is 1270. The van der Waals surface area contributed by atoms with Gasteiger partial charge in [-0.1, -0.05) is 6.07 Å². The zero-order valence-corrected chi connectivity index (χ0v) is 21.2. The third kappa shape index (κ3) is 6.97. The van der Waals surface area contributed by atoms with Gasteiger partial charge in [-0.3, -0.25) is 9.36 Å². The average Bonchev–Trinajstić information content (AvgIpc) is 3.05. The van der Waals surface area contributed by atoms with Crippen LogP contribution in [0.5, 0.6) is 5.75 Å². The van der Waals surface area contributed by atoms with Gasteiger partial charge in [0.1, 0.15) is 11.4 Å². The van der Waals surface area contributed by atoms with Crippen molar-refractivity contribution in [1.82, 2.24) is 14.5 Å². The van der Waals surface area contributed by atoms with Gasteiger partial charge >= 0.3 is 11.8 Å². The van der Waals surface area contributed by atoms with Crippen molar-refractivity contribution in [2.75, 3.05) is 13.1 Å². The lowest BCUT2D eigenvalue weighted by molar-refractivity contribution is 0.0249. The number of imidazole rings is 1. The van der Waals surface area contributed by atoms with Crippen LogP contribution in [0, 0.1) is 6.92 Å². The maximum absolute atomic E-state index is 12.8. The monoisotopic (exact) mass is 481 g/mol. The van der Waals surface area contributed by atoms with E-state index in [1.807, 2.05) is 33.8 Å². The molecular weight excluding hydrogens is 446 g/mol. The number of H-pyrrole nitrogens is 1. The fourth-order valence-electron chi connectivity index (χ4n) is 3.98. The van der Waals surface area contributed by atoms with Crippen LogP contribution in [-0.2, 0) is 18.2 Å². The molecule has 0 fully saturated rings. The van der Waals surface area contributed by atoms with Crippen molar-refractivity contribution in [3.05, 3.63) is 63.6 Å². The molecule has 35 heavy (non-hydrogen) atoms. The molecule has 2 N–H and O–H groups in total. The maximum atomic E-state index is 12.8. The Balaban J connectivity index is 1.58. The Hall–Kier alpha value is -3.55. The number of aromatic amines is 1. The van der Waals surface area contributed by atoms with Gasteiger partial charge in [0.15, 0.2) is 5.78 Å². The summed E-state index contributed by atoms with van der Waals surface area (Å²) in [5.41, 5.74) is 3.17. The highest BCUT2D eigenvalue weighted by Crippen LogP contribution is 2.18. The maximum Gasteiger partial charge on any atom is 0.410 e. The molecule has 0 saturated heterocycles. The van der Waals surface area contributed by atoms with E-state index < -0.39 is 5.60 Å². The third-order valence-electron chi connectivity index (χ3n) is 5.94. The second-order valence-corrected chi connectivity index (χ2v) is 9.93. The largest absolute Gasteiger partial charge is 0.508 e. The molecule has 0 saturated carbocycles. The molecule has 1 amide bonds. The Labute approximate surface area is 205 Å². The van der Waals surface area contributed by atoms with E-state index in [0.717, 1.165) is 16.6 Å². The number of hydrogen-bond donors (Lipinski definition) is 2. The number of hydrogen-bond acceptors (Lipinski definition) is 5. The van der Waals surface area contributed by atoms with E-state index in [0.29, 0.717) is 49.9 Å². The van der Waals surface area contributed by atoms with E-state index in [1.54, 1.807) is 42.3 Å². The molecule has 3 rings (SSSR count). The van der Waals surface area contributed by atoms with Crippen LogP contribution < -0.4 is 5.69 Å². The third-order valence-corrected chi connectivity index (χ3v) is 5.94. The first-order valence-electron chi connectivity index (χ1n) is 11.9. The average molecular weight is 482 g/mol. The number of ether oxygens (including phenoxy) is 1. The summed E-state index contributed by atoms with van der Waals surface area (Å²) in [5, 5.41) is 9.64. The van der Waals surface area contributed by atoms with Crippen LogP contribution in [0.15, 0.2) is 41.2 Å². The molecule has 0 aliphatic heterocycles. The second-order valence-electron chi connectivity index (χ2n) is 9.93. The standard InChI is InChI=1S/C27H35N3O5/c1-18-16-21(31)11-9-19(18)13-15-30(26(34)35-27(2,3)4)14-7-6-8-24(32)20-10-12-23-22(17-20)28-25(33)29(23)5/h9-12,16-17,31H,6-8,13-15H2,1-5H3,(H,28,33). The highest BCUT2D eigenvalue weighted by molar-refractivity contribution is 5.98. The summed E-state index contributed by atoms with van der Waals surface area (Å²) in [4.78, 5) is 41.7. The fraction of sp³-hybridized carbons (Fsp3) is 0.444. The van der Waals surface area contributed by atoms with Gasteiger partial charge in [-0.25, -0.2) is 9.59 Å². The number of rotatable bonds is 9. The predicted molar refractivity (Wildman–Crippen MR) is 136 cm³/mol. The summed E-state index contributed by atoms with van der Waals surface area (Å²) in [7, 11) is 1.68. The van der Waals surface area contributed by atoms with Crippen molar-refractivity contribution in [3.63, 3.8) is 0 Å². The van der Waals surface area contributed by atoms with E-state index in [9.17, 15) is 19.5 Å². The first-order valence-corrected chi connectivity index (χ1v) is 11.9. The number of nitrogens with one attached hydrogen (secondary N) is 1. The van der Waals surface area contributed by atoms with Crippen LogP contribution in [0.1, 0.15) is 61.5 Å². The number of carbonyl (C=O) groups excluding carboxylic acids is 2. The van der Waals surface area contributed by atoms with Crippen LogP contribution in [0.25, 0.3) is 11.0 Å². The number of phenolic OH excluding ortho intramolecular Hbond substituents is 1. The molecule has 0 spiro atoms. The predicted octanol–water partition coefficient (Wildman–Crippen LogP) is 4.71. The summed E-state index contributed by atoms with van der Waals surface area (Å²) >= 11 is 0. The Morgan fingerprint density at radius 2 is 1.83 bits per heavy atom. The molecular formula is C27H35N3O5. The molecule has 0 aliphatic rings. The number of fused-ring (bicyclic) bond motifs is 1. The number of carbonyl (C=O) groups is 2. The fourth-order valence-corrected chi connectivity index (χ4v) is 3.98. The number of aryl methyl sites for hydroxylation is 2. The molecule has 0 atom stereocenters. The number of phenols is 1. The van der Waals surface area contributed by atoms with Gasteiger partial charge in [0.05, 0.1) is 11.0 Å². The summed E-state index contributed by atoms with van der Waals surface area (Å²) in [6.07, 6.45) is 1.89. The Morgan fingerprint density at radius 3 is 2.51 bits per heavy atom. The summed E-state index contributed by atoms with van der Waals surface area (Å²) in [6.45, 7) is 8.39. The SMILES string of the molecule is Cc1cc(O)ccc1CCN(CCCCC(=O)c1ccc2c(c1)[nH]c(=O)n2C)C(=O)OC(C)(C)C. The lowest BCUT2D eigenvalue weighted by Gasteiger charge is -2.27. The number of Topliss-reactive ketones (excluding diaryl/α,β-unsaturated/α-hetero) is 1. The van der Waals surface area contributed by atoms with Crippen molar-refractivity contribution in [2.24, 2.45) is 7.05 Å². The molecule has 0 unspecified atom stereocenters. The normalized spacial score (nSPS) is 11.6. The lowest BCUT2D eigenvalue weighted by Crippen LogP contribution is -2.38. The van der Waals surface area contributed by atoms with Gasteiger partial charge in [-0.15, -0.1) is 0 Å². The minimum atomic E-state index is -0.600. The smallest absolute Gasteiger partial charge is 0.410 e. The summed E-state index contributed by atoms with van der Waals surface area (Å²) in [5.74, 6) is 0.220. The van der Waals surface area contributed by atoms with E-state index in [2.05, 4.69) is 4.98 Å². The van der Waals surface area contributed by atoms with Gasteiger partial charge < -0.3 is 19.7 Å². The zero-order valence-electron chi connectivity index (χ0n) is 21.2. The lowest BCUT2D eigenvalue weighted by atomic mass is 10.0. The van der Waals surface area contributed by atoms with Crippen LogP contribution >= 0.6 is 0 Å². The molecule has 1 aromatic heterocycles. The topological polar surface area (TPSA) is 105 Å². The number of unbranched alkanes of at least 4 members (excludes halogenated alkanes) is 1. The number of nitrogens with zero attached hydrogens (tertiary/aromatic N) is 2. The summed E-state index contributed by atoms with van der Waals surface area (Å²) in [6, 6.07) is 10.5. The van der Waals surface area contributed by atoms with E-state index in [-0.39, 0.29) is 23.3 Å². The molecule has 188 valence electrons. The van der Waals surface area contributed by atoms with Crippen molar-refractivity contribution in [1.29, 1.82) is 0 Å². The number of ketones is 1. The van der Waals surface area contributed by atoms with Crippen molar-refractivity contribution >= 4 is 22.9 Å².